The fraction of sp³-hybridized carbons (Fsp3) is 0. The number of benzene rings is 4. The van der Waals surface area contributed by atoms with Gasteiger partial charge in [0.05, 0.1) is 6.21 Å². The van der Waals surface area contributed by atoms with Crippen LogP contribution in [0.5, 0.6) is 0 Å². The maximum Gasteiger partial charge on any atom is 0.216 e. The molecule has 0 atom stereocenters. The maximum atomic E-state index is 5.44. The Morgan fingerprint density at radius 3 is 2.21 bits per heavy atom. The highest BCUT2D eigenvalue weighted by atomic mass is 79.9. The molecular weight excluding hydrogens is 444 g/mol. The number of hydrogen-bond acceptors (Lipinski definition) is 3. The average molecular weight is 459 g/mol. The number of halogens is 1. The van der Waals surface area contributed by atoms with Crippen molar-refractivity contribution in [3.63, 3.8) is 0 Å². The molecule has 29 heavy (non-hydrogen) atoms. The van der Waals surface area contributed by atoms with Gasteiger partial charge in [0.25, 0.3) is 0 Å². The van der Waals surface area contributed by atoms with Gasteiger partial charge in [0.1, 0.15) is 0 Å². The van der Waals surface area contributed by atoms with Crippen molar-refractivity contribution in [2.45, 2.75) is 0 Å². The van der Waals surface area contributed by atoms with Crippen molar-refractivity contribution in [1.82, 2.24) is 14.9 Å². The first-order valence-corrected chi connectivity index (χ1v) is 10.3. The number of H-pyrrole nitrogens is 1. The molecule has 4 nitrogen and oxygen atoms in total. The number of nitrogens with zero attached hydrogens (tertiary/aromatic N) is 3. The highest BCUT2D eigenvalue weighted by Crippen LogP contribution is 2.29. The zero-order chi connectivity index (χ0) is 19.8. The molecule has 1 N–H and O–H groups in total. The van der Waals surface area contributed by atoms with Gasteiger partial charge in [-0.1, -0.05) is 76.6 Å². The molecule has 0 fully saturated rings. The lowest BCUT2D eigenvalue weighted by Gasteiger charge is -2.08. The zero-order valence-electron chi connectivity index (χ0n) is 15.2. The van der Waals surface area contributed by atoms with Gasteiger partial charge in [0.15, 0.2) is 5.82 Å². The Morgan fingerprint density at radius 1 is 0.897 bits per heavy atom. The minimum atomic E-state index is 0.441. The Hall–Kier alpha value is -3.09. The summed E-state index contributed by atoms with van der Waals surface area (Å²) in [4.78, 5) is 0. The summed E-state index contributed by atoms with van der Waals surface area (Å²) in [6.07, 6.45) is 1.87. The lowest BCUT2D eigenvalue weighted by molar-refractivity contribution is 0.871. The molecule has 0 aliphatic heterocycles. The van der Waals surface area contributed by atoms with Crippen LogP contribution in [0.4, 0.5) is 0 Å². The van der Waals surface area contributed by atoms with Gasteiger partial charge < -0.3 is 0 Å². The van der Waals surface area contributed by atoms with E-state index in [1.165, 1.54) is 10.8 Å². The molecule has 0 spiro atoms. The lowest BCUT2D eigenvalue weighted by atomic mass is 9.97. The molecule has 5 rings (SSSR count). The Bertz CT molecular complexity index is 1390. The number of hydrogen-bond donors (Lipinski definition) is 1. The third-order valence-electron chi connectivity index (χ3n) is 4.88. The lowest BCUT2D eigenvalue weighted by Crippen LogP contribution is -1.97. The van der Waals surface area contributed by atoms with Crippen molar-refractivity contribution in [1.29, 1.82) is 0 Å². The van der Waals surface area contributed by atoms with E-state index >= 15 is 0 Å². The van der Waals surface area contributed by atoms with Gasteiger partial charge in [-0.3, -0.25) is 0 Å². The summed E-state index contributed by atoms with van der Waals surface area (Å²) in [5, 5.41) is 16.6. The summed E-state index contributed by atoms with van der Waals surface area (Å²) >= 11 is 9.02. The predicted molar refractivity (Wildman–Crippen MR) is 125 cm³/mol. The van der Waals surface area contributed by atoms with Crippen molar-refractivity contribution in [3.05, 3.63) is 93.7 Å². The van der Waals surface area contributed by atoms with Crippen LogP contribution in [0, 0.1) is 4.77 Å². The Labute approximate surface area is 180 Å². The van der Waals surface area contributed by atoms with E-state index in [0.717, 1.165) is 26.4 Å². The van der Waals surface area contributed by atoms with Gasteiger partial charge in [-0.25, -0.2) is 5.10 Å². The van der Waals surface area contributed by atoms with Gasteiger partial charge in [-0.05, 0) is 52.0 Å². The van der Waals surface area contributed by atoms with Crippen molar-refractivity contribution < 1.29 is 0 Å². The smallest absolute Gasteiger partial charge is 0.216 e. The third kappa shape index (κ3) is 3.20. The van der Waals surface area contributed by atoms with E-state index in [4.69, 9.17) is 17.3 Å². The fourth-order valence-corrected chi connectivity index (χ4v) is 4.16. The summed E-state index contributed by atoms with van der Waals surface area (Å²) in [6, 6.07) is 26.8. The molecule has 0 aliphatic rings. The Balaban J connectivity index is 1.73. The maximum absolute atomic E-state index is 5.44. The Kier molecular flexibility index (Phi) is 4.58. The second-order valence-electron chi connectivity index (χ2n) is 6.62. The Morgan fingerprint density at radius 2 is 1.52 bits per heavy atom. The molecule has 5 aromatic rings. The van der Waals surface area contributed by atoms with Crippen LogP contribution in [0.2, 0.25) is 0 Å². The molecule has 0 radical (unpaired) electrons. The van der Waals surface area contributed by atoms with E-state index < -0.39 is 0 Å². The van der Waals surface area contributed by atoms with Crippen LogP contribution in [0.25, 0.3) is 32.9 Å². The van der Waals surface area contributed by atoms with Gasteiger partial charge in [0.2, 0.25) is 4.77 Å². The first-order valence-electron chi connectivity index (χ1n) is 9.09. The minimum absolute atomic E-state index is 0.441. The van der Waals surface area contributed by atoms with Crippen LogP contribution >= 0.6 is 28.1 Å². The van der Waals surface area contributed by atoms with Crippen LogP contribution in [0.3, 0.4) is 0 Å². The van der Waals surface area contributed by atoms with Gasteiger partial charge in [-0.15, -0.1) is 0 Å². The normalized spacial score (nSPS) is 11.6. The monoisotopic (exact) mass is 458 g/mol. The van der Waals surface area contributed by atoms with Crippen LogP contribution in [-0.4, -0.2) is 21.1 Å². The summed E-state index contributed by atoms with van der Waals surface area (Å²) in [5.41, 5.74) is 1.97. The quantitative estimate of drug-likeness (QED) is 0.189. The molecule has 0 saturated carbocycles. The number of fused-ring (bicyclic) bond motifs is 2. The SMILES string of the molecule is S=c1[nH]nc(-c2ccccc2Br)n1N=Cc1c2ccccc2cc2ccccc12. The first-order chi connectivity index (χ1) is 14.2. The van der Waals surface area contributed by atoms with Gasteiger partial charge >= 0.3 is 0 Å². The molecule has 0 unspecified atom stereocenters. The van der Waals surface area contributed by atoms with Gasteiger partial charge in [0, 0.05) is 15.6 Å². The second-order valence-corrected chi connectivity index (χ2v) is 7.86. The summed E-state index contributed by atoms with van der Waals surface area (Å²) in [5.74, 6) is 0.656. The van der Waals surface area contributed by atoms with E-state index in [-0.39, 0.29) is 0 Å². The average Bonchev–Trinajstić information content (AvgIpc) is 3.11. The molecule has 0 saturated heterocycles. The number of aromatic amines is 1. The standard InChI is InChI=1S/C23H15BrN4S/c24-21-12-6-5-11-19(21)22-26-27-23(29)28(22)25-14-20-17-9-3-1-7-15(17)13-16-8-2-4-10-18(16)20/h1-14H,(H,27,29). The molecule has 0 bridgehead atoms. The van der Waals surface area contributed by atoms with Crippen LogP contribution in [0.1, 0.15) is 5.56 Å². The van der Waals surface area contributed by atoms with Crippen molar-refractivity contribution in [2.75, 3.05) is 0 Å². The number of rotatable bonds is 3. The van der Waals surface area contributed by atoms with E-state index in [1.807, 2.05) is 42.6 Å². The van der Waals surface area contributed by atoms with E-state index in [9.17, 15) is 0 Å². The highest BCUT2D eigenvalue weighted by Gasteiger charge is 2.12. The summed E-state index contributed by atoms with van der Waals surface area (Å²) < 4.78 is 3.03. The molecule has 0 aliphatic carbocycles. The van der Waals surface area contributed by atoms with E-state index in [0.29, 0.717) is 10.6 Å². The van der Waals surface area contributed by atoms with Crippen LogP contribution in [-0.2, 0) is 0 Å². The second kappa shape index (κ2) is 7.39. The van der Waals surface area contributed by atoms with Crippen molar-refractivity contribution in [2.24, 2.45) is 5.10 Å². The molecule has 4 aromatic carbocycles. The third-order valence-corrected chi connectivity index (χ3v) is 5.84. The molecule has 6 heteroatoms. The molecule has 1 heterocycles. The molecular formula is C23H15BrN4S. The number of nitrogens with one attached hydrogen (secondary N) is 1. The largest absolute Gasteiger partial charge is 0.250 e. The molecule has 140 valence electrons. The topological polar surface area (TPSA) is 46.0 Å². The van der Waals surface area contributed by atoms with E-state index in [1.54, 1.807) is 4.68 Å². The van der Waals surface area contributed by atoms with Crippen molar-refractivity contribution >= 4 is 55.9 Å². The predicted octanol–water partition coefficient (Wildman–Crippen LogP) is 6.56. The zero-order valence-corrected chi connectivity index (χ0v) is 17.6. The van der Waals surface area contributed by atoms with Crippen LogP contribution in [0.15, 0.2) is 88.4 Å². The highest BCUT2D eigenvalue weighted by molar-refractivity contribution is 9.10. The van der Waals surface area contributed by atoms with E-state index in [2.05, 4.69) is 68.6 Å². The minimum Gasteiger partial charge on any atom is -0.250 e. The summed E-state index contributed by atoms with van der Waals surface area (Å²) in [6.45, 7) is 0. The summed E-state index contributed by atoms with van der Waals surface area (Å²) in [7, 11) is 0. The number of aromatic nitrogens is 3. The van der Waals surface area contributed by atoms with Crippen LogP contribution < -0.4 is 0 Å². The van der Waals surface area contributed by atoms with Gasteiger partial charge in [-0.2, -0.15) is 14.9 Å². The molecule has 1 aromatic heterocycles. The van der Waals surface area contributed by atoms with Crippen molar-refractivity contribution in [3.8, 4) is 11.4 Å². The first kappa shape index (κ1) is 18.0. The molecule has 0 amide bonds. The fourth-order valence-electron chi connectivity index (χ4n) is 3.52.